The van der Waals surface area contributed by atoms with Gasteiger partial charge >= 0.3 is 0 Å². The quantitative estimate of drug-likeness (QED) is 0.277. The van der Waals surface area contributed by atoms with Gasteiger partial charge in [0.2, 0.25) is 0 Å². The van der Waals surface area contributed by atoms with Crippen molar-refractivity contribution in [1.29, 1.82) is 0 Å². The van der Waals surface area contributed by atoms with Crippen molar-refractivity contribution in [2.45, 2.75) is 32.1 Å². The van der Waals surface area contributed by atoms with Crippen LogP contribution in [-0.2, 0) is 10.0 Å². The molecular weight excluding hydrogens is 520 g/mol. The van der Waals surface area contributed by atoms with Crippen molar-refractivity contribution in [1.82, 2.24) is 4.90 Å². The van der Waals surface area contributed by atoms with Gasteiger partial charge in [0.1, 0.15) is 0 Å². The van der Waals surface area contributed by atoms with E-state index in [-0.39, 0.29) is 10.8 Å². The molecule has 1 fully saturated rings. The lowest BCUT2D eigenvalue weighted by Gasteiger charge is -2.36. The SMILES string of the molecule is CCCN1CCN(c2ccc(C)c(NS(=O)(=O)c3ccc(NC(=O)c4ccccc4C)c4ccccc34)c2)CC1. The Labute approximate surface area is 236 Å². The number of sulfonamides is 1. The molecule has 0 spiro atoms. The van der Waals surface area contributed by atoms with Crippen molar-refractivity contribution in [3.8, 4) is 0 Å². The molecule has 0 atom stereocenters. The van der Waals surface area contributed by atoms with Gasteiger partial charge in [0.25, 0.3) is 15.9 Å². The average molecular weight is 557 g/mol. The summed E-state index contributed by atoms with van der Waals surface area (Å²) >= 11 is 0. The first-order valence-corrected chi connectivity index (χ1v) is 15.2. The molecule has 1 heterocycles. The number of carbonyl (C=O) groups excluding carboxylic acids is 1. The largest absolute Gasteiger partial charge is 0.369 e. The molecule has 0 aliphatic carbocycles. The summed E-state index contributed by atoms with van der Waals surface area (Å²) < 4.78 is 30.3. The lowest BCUT2D eigenvalue weighted by molar-refractivity contribution is 0.102. The van der Waals surface area contributed by atoms with E-state index in [0.717, 1.165) is 56.0 Å². The van der Waals surface area contributed by atoms with E-state index in [4.69, 9.17) is 0 Å². The van der Waals surface area contributed by atoms with E-state index < -0.39 is 10.0 Å². The number of piperazine rings is 1. The van der Waals surface area contributed by atoms with Crippen LogP contribution in [0.1, 0.15) is 34.8 Å². The third-order valence-electron chi connectivity index (χ3n) is 7.55. The van der Waals surface area contributed by atoms with Gasteiger partial charge in [-0.2, -0.15) is 0 Å². The van der Waals surface area contributed by atoms with Crippen molar-refractivity contribution >= 4 is 43.8 Å². The van der Waals surface area contributed by atoms with Crippen molar-refractivity contribution in [2.24, 2.45) is 0 Å². The zero-order valence-corrected chi connectivity index (χ0v) is 24.1. The first kappa shape index (κ1) is 27.7. The molecule has 0 saturated carbocycles. The molecule has 5 rings (SSSR count). The minimum absolute atomic E-state index is 0.162. The van der Waals surface area contributed by atoms with E-state index >= 15 is 0 Å². The summed E-state index contributed by atoms with van der Waals surface area (Å²) in [5.41, 5.74) is 4.43. The number of nitrogens with zero attached hydrogens (tertiary/aromatic N) is 2. The second kappa shape index (κ2) is 11.7. The number of hydrogen-bond donors (Lipinski definition) is 2. The monoisotopic (exact) mass is 556 g/mol. The molecule has 7 nitrogen and oxygen atoms in total. The topological polar surface area (TPSA) is 81.8 Å². The van der Waals surface area contributed by atoms with Crippen LogP contribution in [0.3, 0.4) is 0 Å². The molecular formula is C32H36N4O3S. The van der Waals surface area contributed by atoms with Crippen LogP contribution < -0.4 is 14.9 Å². The number of amides is 1. The maximum atomic E-state index is 13.8. The highest BCUT2D eigenvalue weighted by Crippen LogP contribution is 2.32. The van der Waals surface area contributed by atoms with Gasteiger partial charge in [-0.1, -0.05) is 55.5 Å². The average Bonchev–Trinajstić information content (AvgIpc) is 2.95. The molecule has 40 heavy (non-hydrogen) atoms. The Balaban J connectivity index is 1.42. The summed E-state index contributed by atoms with van der Waals surface area (Å²) in [5.74, 6) is -0.236. The summed E-state index contributed by atoms with van der Waals surface area (Å²) in [4.78, 5) is 17.9. The molecule has 4 aromatic carbocycles. The highest BCUT2D eigenvalue weighted by atomic mass is 32.2. The Hall–Kier alpha value is -3.88. The lowest BCUT2D eigenvalue weighted by Crippen LogP contribution is -2.46. The van der Waals surface area contributed by atoms with Gasteiger partial charge < -0.3 is 10.2 Å². The molecule has 208 valence electrons. The number of aryl methyl sites for hydroxylation is 2. The van der Waals surface area contributed by atoms with Crippen molar-refractivity contribution in [2.75, 3.05) is 47.7 Å². The minimum atomic E-state index is -3.92. The summed E-state index contributed by atoms with van der Waals surface area (Å²) in [7, 11) is -3.92. The zero-order valence-electron chi connectivity index (χ0n) is 23.3. The van der Waals surface area contributed by atoms with Crippen LogP contribution in [0, 0.1) is 13.8 Å². The van der Waals surface area contributed by atoms with Crippen molar-refractivity contribution < 1.29 is 13.2 Å². The van der Waals surface area contributed by atoms with Crippen molar-refractivity contribution in [3.63, 3.8) is 0 Å². The molecule has 0 aromatic heterocycles. The Kier molecular flexibility index (Phi) is 8.09. The number of fused-ring (bicyclic) bond motifs is 1. The van der Waals surface area contributed by atoms with Crippen LogP contribution >= 0.6 is 0 Å². The molecule has 1 aliphatic heterocycles. The molecule has 1 saturated heterocycles. The van der Waals surface area contributed by atoms with Crippen molar-refractivity contribution in [3.05, 3.63) is 95.6 Å². The van der Waals surface area contributed by atoms with Crippen LogP contribution in [-0.4, -0.2) is 51.9 Å². The molecule has 2 N–H and O–H groups in total. The summed E-state index contributed by atoms with van der Waals surface area (Å²) in [6, 6.07) is 23.8. The second-order valence-corrected chi connectivity index (χ2v) is 12.0. The van der Waals surface area contributed by atoms with Gasteiger partial charge in [0.15, 0.2) is 0 Å². The molecule has 4 aromatic rings. The summed E-state index contributed by atoms with van der Waals surface area (Å²) in [6.45, 7) is 10.9. The number of anilines is 3. The fraction of sp³-hybridized carbons (Fsp3) is 0.281. The van der Waals surface area contributed by atoms with Crippen LogP contribution in [0.25, 0.3) is 10.8 Å². The maximum absolute atomic E-state index is 13.8. The fourth-order valence-corrected chi connectivity index (χ4v) is 6.63. The predicted molar refractivity (Wildman–Crippen MR) is 164 cm³/mol. The lowest BCUT2D eigenvalue weighted by atomic mass is 10.1. The summed E-state index contributed by atoms with van der Waals surface area (Å²) in [5, 5.41) is 4.17. The Morgan fingerprint density at radius 1 is 0.800 bits per heavy atom. The summed E-state index contributed by atoms with van der Waals surface area (Å²) in [6.07, 6.45) is 1.14. The Morgan fingerprint density at radius 2 is 1.50 bits per heavy atom. The van der Waals surface area contributed by atoms with Gasteiger partial charge in [-0.3, -0.25) is 14.4 Å². The highest BCUT2D eigenvalue weighted by molar-refractivity contribution is 7.93. The number of rotatable bonds is 8. The zero-order chi connectivity index (χ0) is 28.3. The second-order valence-electron chi connectivity index (χ2n) is 10.4. The van der Waals surface area contributed by atoms with E-state index in [1.807, 2.05) is 56.3 Å². The van der Waals surface area contributed by atoms with Gasteiger partial charge in [-0.25, -0.2) is 8.42 Å². The smallest absolute Gasteiger partial charge is 0.262 e. The van der Waals surface area contributed by atoms with Crippen LogP contribution in [0.5, 0.6) is 0 Å². The van der Waals surface area contributed by atoms with Crippen LogP contribution in [0.2, 0.25) is 0 Å². The molecule has 0 unspecified atom stereocenters. The Morgan fingerprint density at radius 3 is 2.23 bits per heavy atom. The molecule has 8 heteroatoms. The van der Waals surface area contributed by atoms with E-state index in [0.29, 0.717) is 27.7 Å². The molecule has 0 radical (unpaired) electrons. The highest BCUT2D eigenvalue weighted by Gasteiger charge is 2.22. The Bertz CT molecular complexity index is 1640. The van der Waals surface area contributed by atoms with E-state index in [2.05, 4.69) is 32.8 Å². The van der Waals surface area contributed by atoms with Crippen LogP contribution in [0.4, 0.5) is 17.1 Å². The van der Waals surface area contributed by atoms with Gasteiger partial charge in [-0.05, 0) is 68.3 Å². The maximum Gasteiger partial charge on any atom is 0.262 e. The predicted octanol–water partition coefficient (Wildman–Crippen LogP) is 6.04. The van der Waals surface area contributed by atoms with Gasteiger partial charge in [0.05, 0.1) is 10.6 Å². The minimum Gasteiger partial charge on any atom is -0.369 e. The third-order valence-corrected chi connectivity index (χ3v) is 8.98. The third kappa shape index (κ3) is 5.83. The standard InChI is InChI=1S/C32H36N4O3S/c1-4-17-35-18-20-36(21-19-35)25-14-13-24(3)30(22-25)34-40(38,39)31-16-15-29(27-11-7-8-12-28(27)31)33-32(37)26-10-6-5-9-23(26)2/h5-16,22,34H,4,17-21H2,1-3H3,(H,33,37). The van der Waals surface area contributed by atoms with E-state index in [9.17, 15) is 13.2 Å². The molecule has 1 amide bonds. The number of benzene rings is 4. The number of hydrogen-bond acceptors (Lipinski definition) is 5. The fourth-order valence-electron chi connectivity index (χ4n) is 5.29. The van der Waals surface area contributed by atoms with Crippen LogP contribution in [0.15, 0.2) is 83.8 Å². The normalized spacial score (nSPS) is 14.3. The number of nitrogens with one attached hydrogen (secondary N) is 2. The molecule has 1 aliphatic rings. The number of carbonyl (C=O) groups is 1. The first-order chi connectivity index (χ1) is 19.3. The first-order valence-electron chi connectivity index (χ1n) is 13.8. The van der Waals surface area contributed by atoms with Gasteiger partial charge in [0, 0.05) is 53.9 Å². The van der Waals surface area contributed by atoms with E-state index in [1.165, 1.54) is 0 Å². The molecule has 0 bridgehead atoms. The van der Waals surface area contributed by atoms with E-state index in [1.54, 1.807) is 30.3 Å². The van der Waals surface area contributed by atoms with Gasteiger partial charge in [-0.15, -0.1) is 0 Å².